The number of rotatable bonds is 6. The van der Waals surface area contributed by atoms with Crippen molar-refractivity contribution in [1.82, 2.24) is 10.2 Å². The molecule has 1 aromatic carbocycles. The van der Waals surface area contributed by atoms with Crippen molar-refractivity contribution in [2.75, 3.05) is 20.1 Å². The second kappa shape index (κ2) is 7.80. The van der Waals surface area contributed by atoms with Gasteiger partial charge in [-0.15, -0.1) is 0 Å². The highest BCUT2D eigenvalue weighted by molar-refractivity contribution is 5.21. The number of nitrogens with zero attached hydrogens (tertiary/aromatic N) is 1. The van der Waals surface area contributed by atoms with Crippen LogP contribution in [0.25, 0.3) is 0 Å². The first-order valence-electron chi connectivity index (χ1n) is 8.11. The number of aryl methyl sites for hydroxylation is 1. The van der Waals surface area contributed by atoms with Crippen LogP contribution in [0.1, 0.15) is 43.7 Å². The molecule has 1 aliphatic rings. The summed E-state index contributed by atoms with van der Waals surface area (Å²) in [5.74, 6) is 0.909. The van der Waals surface area contributed by atoms with E-state index in [0.717, 1.165) is 31.6 Å². The highest BCUT2D eigenvalue weighted by atomic mass is 15.1. The second-order valence-electron chi connectivity index (χ2n) is 6.65. The van der Waals surface area contributed by atoms with Crippen LogP contribution in [0.3, 0.4) is 0 Å². The van der Waals surface area contributed by atoms with Gasteiger partial charge in [0.15, 0.2) is 0 Å². The summed E-state index contributed by atoms with van der Waals surface area (Å²) < 4.78 is 0. The smallest absolute Gasteiger partial charge is 0.0231 e. The molecular formula is C18H30N2. The number of nitrogens with one attached hydrogen (secondary N) is 1. The van der Waals surface area contributed by atoms with Crippen LogP contribution in [-0.4, -0.2) is 31.1 Å². The third-order valence-electron chi connectivity index (χ3n) is 4.44. The Hall–Kier alpha value is -0.860. The van der Waals surface area contributed by atoms with E-state index >= 15 is 0 Å². The molecule has 0 heterocycles. The monoisotopic (exact) mass is 274 g/mol. The van der Waals surface area contributed by atoms with Gasteiger partial charge in [-0.1, -0.05) is 49.6 Å². The Morgan fingerprint density at radius 3 is 2.65 bits per heavy atom. The fourth-order valence-electron chi connectivity index (χ4n) is 3.16. The minimum atomic E-state index is 0.756. The van der Waals surface area contributed by atoms with Crippen LogP contribution < -0.4 is 5.32 Å². The lowest BCUT2D eigenvalue weighted by atomic mass is 9.87. The predicted octanol–water partition coefficient (Wildman–Crippen LogP) is 3.60. The Morgan fingerprint density at radius 1 is 1.20 bits per heavy atom. The zero-order valence-electron chi connectivity index (χ0n) is 13.4. The van der Waals surface area contributed by atoms with Crippen LogP contribution in [0.5, 0.6) is 0 Å². The molecule has 2 heteroatoms. The molecule has 0 amide bonds. The van der Waals surface area contributed by atoms with Crippen LogP contribution in [0.4, 0.5) is 0 Å². The Kier molecular flexibility index (Phi) is 6.06. The van der Waals surface area contributed by atoms with E-state index in [1.807, 2.05) is 0 Å². The van der Waals surface area contributed by atoms with E-state index < -0.39 is 0 Å². The highest BCUT2D eigenvalue weighted by Gasteiger charge is 2.17. The molecule has 0 aromatic heterocycles. The van der Waals surface area contributed by atoms with Crippen molar-refractivity contribution >= 4 is 0 Å². The molecule has 2 unspecified atom stereocenters. The maximum Gasteiger partial charge on any atom is 0.0231 e. The van der Waals surface area contributed by atoms with E-state index in [1.165, 1.54) is 36.8 Å². The molecule has 0 spiro atoms. The third kappa shape index (κ3) is 5.26. The third-order valence-corrected chi connectivity index (χ3v) is 4.44. The maximum atomic E-state index is 3.74. The lowest BCUT2D eigenvalue weighted by Crippen LogP contribution is -2.38. The van der Waals surface area contributed by atoms with Gasteiger partial charge in [-0.05, 0) is 38.3 Å². The van der Waals surface area contributed by atoms with E-state index in [-0.39, 0.29) is 0 Å². The van der Waals surface area contributed by atoms with Gasteiger partial charge in [0.05, 0.1) is 0 Å². The molecule has 1 aliphatic carbocycles. The molecule has 2 rings (SSSR count). The van der Waals surface area contributed by atoms with Gasteiger partial charge in [0.2, 0.25) is 0 Å². The minimum Gasteiger partial charge on any atom is -0.313 e. The van der Waals surface area contributed by atoms with E-state index in [2.05, 4.69) is 55.4 Å². The normalized spacial score (nSPS) is 23.2. The SMILES string of the molecule is Cc1ccc(CN(C)CCNC2CCCC(C)C2)cc1. The first-order valence-corrected chi connectivity index (χ1v) is 8.11. The van der Waals surface area contributed by atoms with E-state index in [4.69, 9.17) is 0 Å². The lowest BCUT2D eigenvalue weighted by Gasteiger charge is -2.28. The minimum absolute atomic E-state index is 0.756. The van der Waals surface area contributed by atoms with Crippen molar-refractivity contribution in [3.8, 4) is 0 Å². The zero-order chi connectivity index (χ0) is 14.4. The summed E-state index contributed by atoms with van der Waals surface area (Å²) in [7, 11) is 2.21. The molecule has 2 atom stereocenters. The largest absolute Gasteiger partial charge is 0.313 e. The molecule has 112 valence electrons. The summed E-state index contributed by atoms with van der Waals surface area (Å²) >= 11 is 0. The van der Waals surface area contributed by atoms with Crippen molar-refractivity contribution in [3.05, 3.63) is 35.4 Å². The van der Waals surface area contributed by atoms with E-state index in [9.17, 15) is 0 Å². The molecule has 0 bridgehead atoms. The molecule has 2 nitrogen and oxygen atoms in total. The standard InChI is InChI=1S/C18H30N2/c1-15-7-9-17(10-8-15)14-20(3)12-11-19-18-6-4-5-16(2)13-18/h7-10,16,18-19H,4-6,11-14H2,1-3H3. The number of hydrogen-bond acceptors (Lipinski definition) is 2. The fourth-order valence-corrected chi connectivity index (χ4v) is 3.16. The van der Waals surface area contributed by atoms with Crippen LogP contribution in [0.15, 0.2) is 24.3 Å². The summed E-state index contributed by atoms with van der Waals surface area (Å²) in [5.41, 5.74) is 2.74. The first-order chi connectivity index (χ1) is 9.63. The Bertz CT molecular complexity index is 385. The Labute approximate surface area is 124 Å². The molecule has 20 heavy (non-hydrogen) atoms. The molecule has 1 saturated carbocycles. The van der Waals surface area contributed by atoms with Gasteiger partial charge < -0.3 is 10.2 Å². The van der Waals surface area contributed by atoms with Gasteiger partial charge in [-0.2, -0.15) is 0 Å². The van der Waals surface area contributed by atoms with E-state index in [1.54, 1.807) is 0 Å². The van der Waals surface area contributed by atoms with Crippen molar-refractivity contribution in [2.45, 2.75) is 52.1 Å². The molecule has 1 fully saturated rings. The van der Waals surface area contributed by atoms with Gasteiger partial charge >= 0.3 is 0 Å². The van der Waals surface area contributed by atoms with E-state index in [0.29, 0.717) is 0 Å². The van der Waals surface area contributed by atoms with Crippen LogP contribution >= 0.6 is 0 Å². The molecule has 1 N–H and O–H groups in total. The highest BCUT2D eigenvalue weighted by Crippen LogP contribution is 2.23. The second-order valence-corrected chi connectivity index (χ2v) is 6.65. The van der Waals surface area contributed by atoms with Crippen molar-refractivity contribution in [3.63, 3.8) is 0 Å². The fraction of sp³-hybridized carbons (Fsp3) is 0.667. The number of likely N-dealkylation sites (N-methyl/N-ethyl adjacent to an activating group) is 1. The summed E-state index contributed by atoms with van der Waals surface area (Å²) in [5, 5.41) is 3.74. The molecule has 0 aliphatic heterocycles. The van der Waals surface area contributed by atoms with Gasteiger partial charge in [-0.25, -0.2) is 0 Å². The van der Waals surface area contributed by atoms with Crippen LogP contribution in [-0.2, 0) is 6.54 Å². The first kappa shape index (κ1) is 15.5. The van der Waals surface area contributed by atoms with Crippen LogP contribution in [0.2, 0.25) is 0 Å². The number of hydrogen-bond donors (Lipinski definition) is 1. The Morgan fingerprint density at radius 2 is 1.95 bits per heavy atom. The predicted molar refractivity (Wildman–Crippen MR) is 86.9 cm³/mol. The van der Waals surface area contributed by atoms with Gasteiger partial charge in [-0.3, -0.25) is 0 Å². The number of benzene rings is 1. The van der Waals surface area contributed by atoms with Gasteiger partial charge in [0.1, 0.15) is 0 Å². The Balaban J connectivity index is 1.64. The maximum absolute atomic E-state index is 3.74. The van der Waals surface area contributed by atoms with Crippen molar-refractivity contribution in [1.29, 1.82) is 0 Å². The van der Waals surface area contributed by atoms with Crippen molar-refractivity contribution in [2.24, 2.45) is 5.92 Å². The average molecular weight is 274 g/mol. The zero-order valence-corrected chi connectivity index (χ0v) is 13.4. The molecule has 0 radical (unpaired) electrons. The summed E-state index contributed by atoms with van der Waals surface area (Å²) in [6.45, 7) is 7.81. The average Bonchev–Trinajstić information content (AvgIpc) is 2.41. The quantitative estimate of drug-likeness (QED) is 0.853. The van der Waals surface area contributed by atoms with Gasteiger partial charge in [0.25, 0.3) is 0 Å². The molecular weight excluding hydrogens is 244 g/mol. The summed E-state index contributed by atoms with van der Waals surface area (Å²) in [6.07, 6.45) is 5.55. The van der Waals surface area contributed by atoms with Gasteiger partial charge in [0, 0.05) is 25.7 Å². The summed E-state index contributed by atoms with van der Waals surface area (Å²) in [4.78, 5) is 2.41. The van der Waals surface area contributed by atoms with Crippen molar-refractivity contribution < 1.29 is 0 Å². The lowest BCUT2D eigenvalue weighted by molar-refractivity contribution is 0.274. The van der Waals surface area contributed by atoms with Crippen LogP contribution in [0, 0.1) is 12.8 Å². The summed E-state index contributed by atoms with van der Waals surface area (Å²) in [6, 6.07) is 9.63. The molecule has 1 aromatic rings. The topological polar surface area (TPSA) is 15.3 Å². The molecule has 0 saturated heterocycles.